The molecular weight excluding hydrogens is 575 g/mol. The second kappa shape index (κ2) is 11.4. The molecule has 0 radical (unpaired) electrons. The van der Waals surface area contributed by atoms with Gasteiger partial charge in [0.1, 0.15) is 5.82 Å². The first-order chi connectivity index (χ1) is 18.8. The highest BCUT2D eigenvalue weighted by atomic mass is 35.5. The number of nitrogens with one attached hydrogen (secondary N) is 1. The van der Waals surface area contributed by atoms with Crippen LogP contribution in [0, 0.1) is 18.3 Å². The van der Waals surface area contributed by atoms with E-state index >= 15 is 0 Å². The smallest absolute Gasteiger partial charge is 0.234 e. The minimum absolute atomic E-state index is 0.0884. The lowest BCUT2D eigenvalue weighted by molar-refractivity contribution is -0.116. The number of amides is 1. The van der Waals surface area contributed by atoms with Crippen LogP contribution in [-0.2, 0) is 9.59 Å². The number of hydrogen-bond donors (Lipinski definition) is 2. The van der Waals surface area contributed by atoms with Crippen LogP contribution in [0.4, 0.5) is 10.8 Å². The number of aryl methyl sites for hydroxylation is 1. The maximum absolute atomic E-state index is 13.3. The molecule has 3 aromatic rings. The number of nitrogens with zero attached hydrogens (tertiary/aromatic N) is 4. The molecule has 0 spiro atoms. The summed E-state index contributed by atoms with van der Waals surface area (Å²) in [6, 6.07) is 14.8. The number of anilines is 2. The molecule has 0 fully saturated rings. The number of nitriles is 1. The topological polar surface area (TPSA) is 125 Å². The Morgan fingerprint density at radius 2 is 1.95 bits per heavy atom. The van der Waals surface area contributed by atoms with Gasteiger partial charge in [-0.05, 0) is 43.5 Å². The van der Waals surface area contributed by atoms with Gasteiger partial charge in [0, 0.05) is 39.0 Å². The van der Waals surface area contributed by atoms with Crippen molar-refractivity contribution in [2.75, 3.05) is 16.0 Å². The van der Waals surface area contributed by atoms with Gasteiger partial charge in [0.05, 0.1) is 23.3 Å². The maximum Gasteiger partial charge on any atom is 0.234 e. The normalized spacial score (nSPS) is 17.2. The molecule has 1 atom stereocenters. The van der Waals surface area contributed by atoms with Crippen LogP contribution in [0.15, 0.2) is 69.5 Å². The minimum Gasteiger partial charge on any atom is -0.384 e. The van der Waals surface area contributed by atoms with E-state index in [1.807, 2.05) is 31.2 Å². The van der Waals surface area contributed by atoms with Crippen molar-refractivity contribution in [3.8, 4) is 6.07 Å². The van der Waals surface area contributed by atoms with Gasteiger partial charge in [-0.2, -0.15) is 5.26 Å². The highest BCUT2D eigenvalue weighted by Crippen LogP contribution is 2.49. The number of nitrogens with two attached hydrogens (primary N) is 1. The summed E-state index contributed by atoms with van der Waals surface area (Å²) in [6.45, 7) is 1.93. The Morgan fingerprint density at radius 3 is 2.67 bits per heavy atom. The number of para-hydroxylation sites is 1. The van der Waals surface area contributed by atoms with Crippen LogP contribution >= 0.6 is 46.3 Å². The van der Waals surface area contributed by atoms with E-state index in [1.165, 1.54) is 23.1 Å². The Bertz CT molecular complexity index is 1570. The number of halogens is 2. The molecule has 0 saturated heterocycles. The molecule has 198 valence electrons. The van der Waals surface area contributed by atoms with Crippen LogP contribution in [0.3, 0.4) is 0 Å². The quantitative estimate of drug-likeness (QED) is 0.323. The van der Waals surface area contributed by atoms with Gasteiger partial charge in [0.25, 0.3) is 0 Å². The van der Waals surface area contributed by atoms with Crippen LogP contribution in [0.25, 0.3) is 0 Å². The Hall–Kier alpha value is -3.36. The lowest BCUT2D eigenvalue weighted by Gasteiger charge is -2.38. The number of allylic oxidation sites excluding steroid dienone is 3. The fourth-order valence-corrected chi connectivity index (χ4v) is 7.05. The molecule has 1 amide bonds. The van der Waals surface area contributed by atoms with Crippen molar-refractivity contribution in [2.24, 2.45) is 5.73 Å². The van der Waals surface area contributed by atoms with Crippen molar-refractivity contribution in [1.29, 1.82) is 5.26 Å². The van der Waals surface area contributed by atoms with E-state index in [2.05, 4.69) is 21.6 Å². The molecule has 1 aliphatic carbocycles. The molecule has 39 heavy (non-hydrogen) atoms. The molecule has 12 heteroatoms. The minimum atomic E-state index is -0.776. The van der Waals surface area contributed by atoms with Gasteiger partial charge >= 0.3 is 0 Å². The van der Waals surface area contributed by atoms with E-state index in [9.17, 15) is 14.9 Å². The van der Waals surface area contributed by atoms with Gasteiger partial charge in [-0.1, -0.05) is 70.6 Å². The van der Waals surface area contributed by atoms with E-state index in [4.69, 9.17) is 28.9 Å². The molecule has 0 saturated carbocycles. The highest BCUT2D eigenvalue weighted by molar-refractivity contribution is 8.01. The summed E-state index contributed by atoms with van der Waals surface area (Å²) in [5.41, 5.74) is 10.1. The van der Waals surface area contributed by atoms with E-state index in [1.54, 1.807) is 23.1 Å². The van der Waals surface area contributed by atoms with Gasteiger partial charge < -0.3 is 11.1 Å². The lowest BCUT2D eigenvalue weighted by Crippen LogP contribution is -2.38. The summed E-state index contributed by atoms with van der Waals surface area (Å²) >= 11 is 15.5. The van der Waals surface area contributed by atoms with Crippen LogP contribution in [0.1, 0.15) is 36.3 Å². The fraction of sp³-hybridized carbons (Fsp3) is 0.222. The first-order valence-corrected chi connectivity index (χ1v) is 14.6. The monoisotopic (exact) mass is 596 g/mol. The summed E-state index contributed by atoms with van der Waals surface area (Å²) in [4.78, 5) is 27.5. The Morgan fingerprint density at radius 1 is 1.21 bits per heavy atom. The van der Waals surface area contributed by atoms with E-state index in [-0.39, 0.29) is 28.8 Å². The molecule has 3 N–H and O–H groups in total. The summed E-state index contributed by atoms with van der Waals surface area (Å²) in [7, 11) is 0. The Labute approximate surface area is 243 Å². The number of thioether (sulfide) groups is 1. The predicted molar refractivity (Wildman–Crippen MR) is 155 cm³/mol. The highest BCUT2D eigenvalue weighted by Gasteiger charge is 2.42. The zero-order chi connectivity index (χ0) is 27.7. The molecule has 1 aliphatic heterocycles. The molecular formula is C27H22Cl2N6O2S2. The lowest BCUT2D eigenvalue weighted by atomic mass is 9.75. The van der Waals surface area contributed by atoms with E-state index in [0.29, 0.717) is 55.6 Å². The van der Waals surface area contributed by atoms with Gasteiger partial charge in [-0.15, -0.1) is 10.2 Å². The third kappa shape index (κ3) is 5.28. The number of Topliss-reactive ketones (excluding diaryl/α,β-unsaturated/α-hetero) is 1. The van der Waals surface area contributed by atoms with Crippen molar-refractivity contribution < 1.29 is 9.59 Å². The van der Waals surface area contributed by atoms with Crippen molar-refractivity contribution in [2.45, 2.75) is 36.4 Å². The number of ketones is 1. The third-order valence-electron chi connectivity index (χ3n) is 6.53. The van der Waals surface area contributed by atoms with Crippen molar-refractivity contribution in [3.05, 3.63) is 86.3 Å². The number of hydrogen-bond acceptors (Lipinski definition) is 9. The van der Waals surface area contributed by atoms with Crippen LogP contribution in [0.5, 0.6) is 0 Å². The zero-order valence-electron chi connectivity index (χ0n) is 20.7. The van der Waals surface area contributed by atoms with Gasteiger partial charge in [0.15, 0.2) is 10.1 Å². The molecule has 2 aromatic carbocycles. The first kappa shape index (κ1) is 27.2. The number of rotatable bonds is 6. The number of carbonyl (C=O) groups excluding carboxylic acids is 2. The van der Waals surface area contributed by atoms with Crippen molar-refractivity contribution in [1.82, 2.24) is 10.2 Å². The van der Waals surface area contributed by atoms with Gasteiger partial charge in [-0.25, -0.2) is 0 Å². The molecule has 5 rings (SSSR count). The van der Waals surface area contributed by atoms with Crippen LogP contribution < -0.4 is 16.0 Å². The SMILES string of the molecule is Cc1ccccc1NC(=O)CSc1nnc(N2C(N)=C(C#N)C(c3c(Cl)cccc3Cl)C3=C2CCCC3=O)s1. The first-order valence-electron chi connectivity index (χ1n) is 12.0. The van der Waals surface area contributed by atoms with E-state index < -0.39 is 5.92 Å². The third-order valence-corrected chi connectivity index (χ3v) is 9.24. The fourth-order valence-electron chi connectivity index (χ4n) is 4.76. The predicted octanol–water partition coefficient (Wildman–Crippen LogP) is 6.19. The Kier molecular flexibility index (Phi) is 7.96. The molecule has 0 bridgehead atoms. The van der Waals surface area contributed by atoms with Gasteiger partial charge in [0.2, 0.25) is 11.0 Å². The summed E-state index contributed by atoms with van der Waals surface area (Å²) in [6.07, 6.45) is 1.53. The van der Waals surface area contributed by atoms with Gasteiger partial charge in [-0.3, -0.25) is 14.5 Å². The standard InChI is InChI=1S/C27H22Cl2N6O2S2/c1-14-6-2-3-9-18(14)32-21(37)13-38-27-34-33-26(39-27)35-19-10-5-11-20(36)24(19)22(15(12-30)25(35)31)23-16(28)7-4-8-17(23)29/h2-4,6-9,22H,5,10-11,13,31H2,1H3,(H,32,37). The summed E-state index contributed by atoms with van der Waals surface area (Å²) in [5.74, 6) is -0.747. The number of carbonyl (C=O) groups is 2. The zero-order valence-corrected chi connectivity index (χ0v) is 23.8. The molecule has 8 nitrogen and oxygen atoms in total. The average Bonchev–Trinajstić information content (AvgIpc) is 3.37. The molecule has 2 aliphatic rings. The Balaban J connectivity index is 1.46. The maximum atomic E-state index is 13.3. The largest absolute Gasteiger partial charge is 0.384 e. The molecule has 1 aromatic heterocycles. The number of benzene rings is 2. The molecule has 1 unspecified atom stereocenters. The van der Waals surface area contributed by atoms with Crippen molar-refractivity contribution >= 4 is 68.8 Å². The molecule has 2 heterocycles. The summed E-state index contributed by atoms with van der Waals surface area (Å²) in [5, 5.41) is 22.7. The van der Waals surface area contributed by atoms with E-state index in [0.717, 1.165) is 11.3 Å². The summed E-state index contributed by atoms with van der Waals surface area (Å²) < 4.78 is 0.553. The second-order valence-electron chi connectivity index (χ2n) is 8.95. The number of aromatic nitrogens is 2. The van der Waals surface area contributed by atoms with Crippen molar-refractivity contribution in [3.63, 3.8) is 0 Å². The average molecular weight is 598 g/mol. The second-order valence-corrected chi connectivity index (χ2v) is 11.9. The van der Waals surface area contributed by atoms with Crippen LogP contribution in [-0.4, -0.2) is 27.6 Å². The van der Waals surface area contributed by atoms with Crippen LogP contribution in [0.2, 0.25) is 10.0 Å².